The third-order valence-corrected chi connectivity index (χ3v) is 3.02. The summed E-state index contributed by atoms with van der Waals surface area (Å²) in [5.74, 6) is 0.473. The number of aliphatic hydroxyl groups is 1. The van der Waals surface area contributed by atoms with Gasteiger partial charge in [-0.25, -0.2) is 0 Å². The van der Waals surface area contributed by atoms with Gasteiger partial charge in [0, 0.05) is 16.7 Å². The molecule has 0 aliphatic carbocycles. The first-order valence-corrected chi connectivity index (χ1v) is 10.0. The molecule has 2 rings (SSSR count). The second kappa shape index (κ2) is 13.2. The maximum Gasteiger partial charge on any atom is 0.261 e. The van der Waals surface area contributed by atoms with Crippen LogP contribution in [0.25, 0.3) is 0 Å². The van der Waals surface area contributed by atoms with Crippen molar-refractivity contribution in [3.8, 4) is 5.75 Å². The molecule has 2 aromatic carbocycles. The molecule has 2 aromatic rings. The maximum atomic E-state index is 12.0. The molecule has 0 bridgehead atoms. The maximum absolute atomic E-state index is 12.0. The van der Waals surface area contributed by atoms with Crippen LogP contribution in [0.15, 0.2) is 66.7 Å². The zero-order valence-corrected chi connectivity index (χ0v) is 17.3. The van der Waals surface area contributed by atoms with E-state index in [0.29, 0.717) is 23.0 Å². The highest BCUT2D eigenvalue weighted by Gasteiger charge is 2.07. The van der Waals surface area contributed by atoms with Gasteiger partial charge in [-0.3, -0.25) is 14.1 Å². The largest absolute Gasteiger partial charge is 0.497 e. The molecule has 0 saturated carbocycles. The summed E-state index contributed by atoms with van der Waals surface area (Å²) in [6, 6.07) is 16.4. The van der Waals surface area contributed by atoms with Crippen molar-refractivity contribution in [2.24, 2.45) is 0 Å². The van der Waals surface area contributed by atoms with Crippen LogP contribution in [0.3, 0.4) is 0 Å². The highest BCUT2D eigenvalue weighted by Crippen LogP contribution is 2.14. The van der Waals surface area contributed by atoms with Gasteiger partial charge < -0.3 is 15.2 Å². The number of ketones is 1. The van der Waals surface area contributed by atoms with Gasteiger partial charge >= 0.3 is 0 Å². The highest BCUT2D eigenvalue weighted by molar-refractivity contribution is 7.85. The van der Waals surface area contributed by atoms with Gasteiger partial charge in [-0.2, -0.15) is 8.42 Å². The molecule has 0 radical (unpaired) electrons. The second-order valence-corrected chi connectivity index (χ2v) is 7.07. The number of carbonyl (C=O) groups is 2. The summed E-state index contributed by atoms with van der Waals surface area (Å²) in [7, 11) is -2.06. The van der Waals surface area contributed by atoms with Crippen LogP contribution in [-0.4, -0.2) is 49.9 Å². The average Bonchev–Trinajstić information content (AvgIpc) is 2.67. The quantitative estimate of drug-likeness (QED) is 0.290. The average molecular weight is 423 g/mol. The van der Waals surface area contributed by atoms with E-state index in [1.54, 1.807) is 38.3 Å². The Morgan fingerprint density at radius 1 is 1.03 bits per heavy atom. The molecular formula is C20H25NO7S. The van der Waals surface area contributed by atoms with E-state index in [0.717, 1.165) is 5.75 Å². The lowest BCUT2D eigenvalue weighted by Gasteiger charge is -2.02. The fourth-order valence-electron chi connectivity index (χ4n) is 1.72. The summed E-state index contributed by atoms with van der Waals surface area (Å²) in [5, 5.41) is 10.3. The van der Waals surface area contributed by atoms with Crippen LogP contribution in [0, 0.1) is 0 Å². The van der Waals surface area contributed by atoms with Crippen molar-refractivity contribution in [3.05, 3.63) is 77.9 Å². The van der Waals surface area contributed by atoms with E-state index in [9.17, 15) is 18.0 Å². The number of hydrogen-bond donors (Lipinski definition) is 3. The van der Waals surface area contributed by atoms with Gasteiger partial charge in [-0.15, -0.1) is 0 Å². The molecule has 1 amide bonds. The Morgan fingerprint density at radius 3 is 1.83 bits per heavy atom. The first-order chi connectivity index (χ1) is 13.5. The molecule has 0 fully saturated rings. The Morgan fingerprint density at radius 2 is 1.48 bits per heavy atom. The Balaban J connectivity index is 0.000000506. The van der Waals surface area contributed by atoms with Crippen molar-refractivity contribution in [3.63, 3.8) is 0 Å². The zero-order chi connectivity index (χ0) is 22.4. The van der Waals surface area contributed by atoms with Crippen LogP contribution in [0.5, 0.6) is 5.75 Å². The van der Waals surface area contributed by atoms with Crippen LogP contribution in [-0.2, 0) is 14.9 Å². The lowest BCUT2D eigenvalue weighted by Crippen LogP contribution is -2.24. The molecule has 0 atom stereocenters. The predicted molar refractivity (Wildman–Crippen MR) is 110 cm³/mol. The molecule has 0 unspecified atom stereocenters. The molecule has 3 N–H and O–H groups in total. The predicted octanol–water partition coefficient (Wildman–Crippen LogP) is 2.06. The lowest BCUT2D eigenvalue weighted by molar-refractivity contribution is -0.118. The van der Waals surface area contributed by atoms with Crippen LogP contribution >= 0.6 is 0 Å². The summed E-state index contributed by atoms with van der Waals surface area (Å²) in [6.07, 6.45) is 0.715. The topological polar surface area (TPSA) is 130 Å². The number of methoxy groups -OCH3 is 1. The summed E-state index contributed by atoms with van der Waals surface area (Å²) in [4.78, 5) is 22.4. The third kappa shape index (κ3) is 12.9. The lowest BCUT2D eigenvalue weighted by atomic mass is 10.0. The molecule has 0 saturated heterocycles. The number of aliphatic hydroxyl groups excluding tert-OH is 1. The van der Waals surface area contributed by atoms with E-state index in [-0.39, 0.29) is 18.4 Å². The first kappa shape index (κ1) is 26.0. The molecule has 29 heavy (non-hydrogen) atoms. The van der Waals surface area contributed by atoms with Crippen molar-refractivity contribution in [1.82, 2.24) is 5.32 Å². The Hall–Kier alpha value is -3.01. The Labute approximate surface area is 170 Å². The number of nitrogens with one attached hydrogen (secondary N) is 1. The summed E-state index contributed by atoms with van der Waals surface area (Å²) < 4.78 is 30.9. The molecule has 158 valence electrons. The fourth-order valence-corrected chi connectivity index (χ4v) is 1.72. The number of ether oxygens (including phenoxy) is 1. The van der Waals surface area contributed by atoms with Gasteiger partial charge in [0.25, 0.3) is 10.1 Å². The summed E-state index contributed by atoms with van der Waals surface area (Å²) in [5.41, 5.74) is 1.78. The minimum atomic E-state index is -3.67. The summed E-state index contributed by atoms with van der Waals surface area (Å²) >= 11 is 0. The van der Waals surface area contributed by atoms with E-state index < -0.39 is 10.1 Å². The van der Waals surface area contributed by atoms with Gasteiger partial charge in [0.15, 0.2) is 5.78 Å². The third-order valence-electron chi connectivity index (χ3n) is 3.02. The van der Waals surface area contributed by atoms with Gasteiger partial charge in [-0.1, -0.05) is 36.9 Å². The molecule has 8 nitrogen and oxygen atoms in total. The minimum absolute atomic E-state index is 0.0308. The van der Waals surface area contributed by atoms with Crippen LogP contribution < -0.4 is 10.1 Å². The van der Waals surface area contributed by atoms with Gasteiger partial charge in [-0.05, 0) is 31.2 Å². The fraction of sp³-hybridized carbons (Fsp3) is 0.200. The number of rotatable bonds is 5. The normalized spacial score (nSPS) is 9.69. The van der Waals surface area contributed by atoms with E-state index >= 15 is 0 Å². The minimum Gasteiger partial charge on any atom is -0.497 e. The molecule has 0 spiro atoms. The smallest absolute Gasteiger partial charge is 0.261 e. The Kier molecular flexibility index (Phi) is 11.8. The molecule has 0 aliphatic rings. The Bertz CT molecular complexity index is 884. The molecular weight excluding hydrogens is 398 g/mol. The van der Waals surface area contributed by atoms with Gasteiger partial charge in [0.1, 0.15) is 12.5 Å². The molecule has 9 heteroatoms. The van der Waals surface area contributed by atoms with E-state index in [2.05, 4.69) is 11.9 Å². The molecule has 0 aromatic heterocycles. The van der Waals surface area contributed by atoms with Crippen LogP contribution in [0.2, 0.25) is 0 Å². The van der Waals surface area contributed by atoms with E-state index in [1.165, 1.54) is 0 Å². The second-order valence-electron chi connectivity index (χ2n) is 5.60. The standard InChI is InChI=1S/C14H12O2.C5H9NO2.CH4O3S/c1-16-13-9-7-12(8-10-13)14(15)11-5-3-2-4-6-11;1-4(2)5(8)6-3-7;1-5(2,3)4/h2-10H,1H3;7H,1,3H2,2H3,(H,6,8);1H3,(H,2,3,4). The van der Waals surface area contributed by atoms with Crippen molar-refractivity contribution < 1.29 is 32.4 Å². The number of carbonyl (C=O) groups excluding carboxylic acids is 2. The van der Waals surface area contributed by atoms with E-state index in [4.69, 9.17) is 14.4 Å². The number of amides is 1. The zero-order valence-electron chi connectivity index (χ0n) is 16.5. The highest BCUT2D eigenvalue weighted by atomic mass is 32.2. The molecule has 0 heterocycles. The van der Waals surface area contributed by atoms with Crippen molar-refractivity contribution in [2.75, 3.05) is 20.1 Å². The van der Waals surface area contributed by atoms with Crippen molar-refractivity contribution in [2.45, 2.75) is 6.92 Å². The first-order valence-electron chi connectivity index (χ1n) is 8.20. The van der Waals surface area contributed by atoms with Crippen LogP contribution in [0.1, 0.15) is 22.8 Å². The summed E-state index contributed by atoms with van der Waals surface area (Å²) in [6.45, 7) is 4.60. The van der Waals surface area contributed by atoms with Crippen molar-refractivity contribution in [1.29, 1.82) is 0 Å². The van der Waals surface area contributed by atoms with Gasteiger partial charge in [0.2, 0.25) is 5.91 Å². The van der Waals surface area contributed by atoms with E-state index in [1.807, 2.05) is 30.3 Å². The van der Waals surface area contributed by atoms with Crippen molar-refractivity contribution >= 4 is 21.8 Å². The number of benzene rings is 2. The van der Waals surface area contributed by atoms with Gasteiger partial charge in [0.05, 0.1) is 13.4 Å². The number of hydrogen-bond acceptors (Lipinski definition) is 6. The monoisotopic (exact) mass is 423 g/mol. The molecule has 0 aliphatic heterocycles. The van der Waals surface area contributed by atoms with Crippen LogP contribution in [0.4, 0.5) is 0 Å². The SMILES string of the molecule is C=C(C)C(=O)NCO.COc1ccc(C(=O)c2ccccc2)cc1.CS(=O)(=O)O.